The van der Waals surface area contributed by atoms with Gasteiger partial charge in [0.15, 0.2) is 0 Å². The summed E-state index contributed by atoms with van der Waals surface area (Å²) in [5, 5.41) is 5.68. The first kappa shape index (κ1) is 15.1. The van der Waals surface area contributed by atoms with E-state index >= 15 is 0 Å². The predicted molar refractivity (Wildman–Crippen MR) is 89.0 cm³/mol. The summed E-state index contributed by atoms with van der Waals surface area (Å²) in [4.78, 5) is 24.4. The van der Waals surface area contributed by atoms with Crippen LogP contribution in [0.15, 0.2) is 42.5 Å². The lowest BCUT2D eigenvalue weighted by Crippen LogP contribution is -2.26. The monoisotopic (exact) mass is 310 g/mol. The van der Waals surface area contributed by atoms with Crippen molar-refractivity contribution in [2.75, 3.05) is 17.7 Å². The van der Waals surface area contributed by atoms with Gasteiger partial charge in [0, 0.05) is 11.4 Å². The summed E-state index contributed by atoms with van der Waals surface area (Å²) in [7, 11) is 1.53. The smallest absolute Gasteiger partial charge is 0.259 e. The van der Waals surface area contributed by atoms with Crippen LogP contribution in [0, 0.1) is 0 Å². The third kappa shape index (κ3) is 2.54. The van der Waals surface area contributed by atoms with Crippen molar-refractivity contribution in [2.45, 2.75) is 19.3 Å². The van der Waals surface area contributed by atoms with Gasteiger partial charge in [0.05, 0.1) is 18.1 Å². The van der Waals surface area contributed by atoms with E-state index in [1.165, 1.54) is 7.11 Å². The van der Waals surface area contributed by atoms with Crippen molar-refractivity contribution < 1.29 is 14.3 Å². The molecule has 0 saturated carbocycles. The molecule has 23 heavy (non-hydrogen) atoms. The summed E-state index contributed by atoms with van der Waals surface area (Å²) in [5.74, 6) is 0.215. The maximum absolute atomic E-state index is 12.4. The molecule has 118 valence electrons. The van der Waals surface area contributed by atoms with Crippen molar-refractivity contribution in [1.29, 1.82) is 0 Å². The zero-order valence-corrected chi connectivity index (χ0v) is 13.3. The SMILES string of the molecule is COc1ccccc1C(=O)Nc1ccc2c(c1)NC(=O)C2(C)C. The van der Waals surface area contributed by atoms with E-state index in [1.54, 1.807) is 30.3 Å². The number of hydrogen-bond donors (Lipinski definition) is 2. The molecule has 2 aromatic carbocycles. The molecule has 1 aliphatic rings. The lowest BCUT2D eigenvalue weighted by Gasteiger charge is -2.15. The second-order valence-corrected chi connectivity index (χ2v) is 5.99. The van der Waals surface area contributed by atoms with Gasteiger partial charge in [0.2, 0.25) is 5.91 Å². The van der Waals surface area contributed by atoms with E-state index in [0.717, 1.165) is 11.3 Å². The molecule has 1 aliphatic heterocycles. The van der Waals surface area contributed by atoms with E-state index < -0.39 is 5.41 Å². The van der Waals surface area contributed by atoms with E-state index in [2.05, 4.69) is 10.6 Å². The molecule has 0 spiro atoms. The molecular weight excluding hydrogens is 292 g/mol. The molecular formula is C18H18N2O3. The second-order valence-electron chi connectivity index (χ2n) is 5.99. The van der Waals surface area contributed by atoms with Gasteiger partial charge in [-0.1, -0.05) is 18.2 Å². The minimum Gasteiger partial charge on any atom is -0.496 e. The zero-order chi connectivity index (χ0) is 16.6. The Bertz CT molecular complexity index is 797. The minimum absolute atomic E-state index is 0.0410. The van der Waals surface area contributed by atoms with Gasteiger partial charge < -0.3 is 15.4 Å². The van der Waals surface area contributed by atoms with E-state index in [4.69, 9.17) is 4.74 Å². The predicted octanol–water partition coefficient (Wildman–Crippen LogP) is 3.18. The second kappa shape index (κ2) is 5.43. The fraction of sp³-hybridized carbons (Fsp3) is 0.222. The average molecular weight is 310 g/mol. The number of carbonyl (C=O) groups excluding carboxylic acids is 2. The highest BCUT2D eigenvalue weighted by molar-refractivity contribution is 6.08. The third-order valence-electron chi connectivity index (χ3n) is 4.12. The Balaban J connectivity index is 1.86. The highest BCUT2D eigenvalue weighted by Crippen LogP contribution is 2.38. The first-order valence-electron chi connectivity index (χ1n) is 7.34. The first-order valence-corrected chi connectivity index (χ1v) is 7.34. The molecule has 0 bridgehead atoms. The highest BCUT2D eigenvalue weighted by atomic mass is 16.5. The zero-order valence-electron chi connectivity index (χ0n) is 13.3. The summed E-state index contributed by atoms with van der Waals surface area (Å²) in [6.07, 6.45) is 0. The topological polar surface area (TPSA) is 67.4 Å². The maximum atomic E-state index is 12.4. The van der Waals surface area contributed by atoms with Gasteiger partial charge in [0.1, 0.15) is 5.75 Å². The number of anilines is 2. The van der Waals surface area contributed by atoms with Crippen molar-refractivity contribution in [3.8, 4) is 5.75 Å². The van der Waals surface area contributed by atoms with Crippen molar-refractivity contribution in [2.24, 2.45) is 0 Å². The largest absolute Gasteiger partial charge is 0.496 e. The summed E-state index contributed by atoms with van der Waals surface area (Å²) in [6.45, 7) is 3.75. The van der Waals surface area contributed by atoms with E-state index in [1.807, 2.05) is 26.0 Å². The molecule has 0 saturated heterocycles. The van der Waals surface area contributed by atoms with Gasteiger partial charge in [-0.25, -0.2) is 0 Å². The summed E-state index contributed by atoms with van der Waals surface area (Å²) < 4.78 is 5.20. The Labute approximate surface area is 134 Å². The van der Waals surface area contributed by atoms with E-state index in [9.17, 15) is 9.59 Å². The molecule has 5 heteroatoms. The van der Waals surface area contributed by atoms with E-state index in [-0.39, 0.29) is 11.8 Å². The standard InChI is InChI=1S/C18H18N2O3/c1-18(2)13-9-8-11(10-14(13)20-17(18)22)19-16(21)12-6-4-5-7-15(12)23-3/h4-10H,1-3H3,(H,19,21)(H,20,22). The molecule has 0 atom stereocenters. The van der Waals surface area contributed by atoms with E-state index in [0.29, 0.717) is 17.0 Å². The average Bonchev–Trinajstić information content (AvgIpc) is 2.76. The van der Waals surface area contributed by atoms with Gasteiger partial charge in [-0.2, -0.15) is 0 Å². The Hall–Kier alpha value is -2.82. The summed E-state index contributed by atoms with van der Waals surface area (Å²) in [5.41, 5.74) is 2.19. The number of hydrogen-bond acceptors (Lipinski definition) is 3. The number of fused-ring (bicyclic) bond motifs is 1. The molecule has 0 unspecified atom stereocenters. The van der Waals surface area contributed by atoms with Gasteiger partial charge >= 0.3 is 0 Å². The third-order valence-corrected chi connectivity index (χ3v) is 4.12. The number of amides is 2. The fourth-order valence-corrected chi connectivity index (χ4v) is 2.70. The molecule has 0 aliphatic carbocycles. The Morgan fingerprint density at radius 2 is 1.91 bits per heavy atom. The van der Waals surface area contributed by atoms with Crippen LogP contribution in [0.3, 0.4) is 0 Å². The first-order chi connectivity index (χ1) is 10.9. The normalized spacial score (nSPS) is 14.8. The molecule has 0 radical (unpaired) electrons. The van der Waals surface area contributed by atoms with Crippen molar-refractivity contribution in [1.82, 2.24) is 0 Å². The van der Waals surface area contributed by atoms with Gasteiger partial charge in [-0.3, -0.25) is 9.59 Å². The van der Waals surface area contributed by atoms with Crippen LogP contribution in [0.1, 0.15) is 29.8 Å². The molecule has 1 heterocycles. The summed E-state index contributed by atoms with van der Waals surface area (Å²) in [6, 6.07) is 12.5. The van der Waals surface area contributed by atoms with Gasteiger partial charge in [-0.15, -0.1) is 0 Å². The number of ether oxygens (including phenoxy) is 1. The quantitative estimate of drug-likeness (QED) is 0.915. The van der Waals surface area contributed by atoms with Crippen LogP contribution in [0.25, 0.3) is 0 Å². The fourth-order valence-electron chi connectivity index (χ4n) is 2.70. The minimum atomic E-state index is -0.555. The number of rotatable bonds is 3. The Kier molecular flexibility index (Phi) is 3.56. The molecule has 5 nitrogen and oxygen atoms in total. The highest BCUT2D eigenvalue weighted by Gasteiger charge is 2.38. The van der Waals surface area contributed by atoms with Crippen LogP contribution in [0.5, 0.6) is 5.75 Å². The summed E-state index contributed by atoms with van der Waals surface area (Å²) >= 11 is 0. The van der Waals surface area contributed by atoms with Crippen LogP contribution in [-0.2, 0) is 10.2 Å². The van der Waals surface area contributed by atoms with Crippen LogP contribution in [0.4, 0.5) is 11.4 Å². The van der Waals surface area contributed by atoms with Crippen LogP contribution >= 0.6 is 0 Å². The van der Waals surface area contributed by atoms with Crippen LogP contribution in [0.2, 0.25) is 0 Å². The number of nitrogens with one attached hydrogen (secondary N) is 2. The molecule has 2 N–H and O–H groups in total. The molecule has 3 rings (SSSR count). The van der Waals surface area contributed by atoms with Crippen molar-refractivity contribution in [3.05, 3.63) is 53.6 Å². The lowest BCUT2D eigenvalue weighted by molar-refractivity contribution is -0.119. The van der Waals surface area contributed by atoms with Crippen molar-refractivity contribution in [3.63, 3.8) is 0 Å². The van der Waals surface area contributed by atoms with Crippen LogP contribution < -0.4 is 15.4 Å². The Morgan fingerprint density at radius 3 is 2.65 bits per heavy atom. The van der Waals surface area contributed by atoms with Gasteiger partial charge in [0.25, 0.3) is 5.91 Å². The number of methoxy groups -OCH3 is 1. The van der Waals surface area contributed by atoms with Crippen molar-refractivity contribution >= 4 is 23.2 Å². The molecule has 0 fully saturated rings. The molecule has 2 aromatic rings. The lowest BCUT2D eigenvalue weighted by atomic mass is 9.86. The number of carbonyl (C=O) groups is 2. The number of para-hydroxylation sites is 1. The van der Waals surface area contributed by atoms with Crippen LogP contribution in [-0.4, -0.2) is 18.9 Å². The molecule has 2 amide bonds. The maximum Gasteiger partial charge on any atom is 0.259 e. The Morgan fingerprint density at radius 1 is 1.17 bits per heavy atom. The number of benzene rings is 2. The van der Waals surface area contributed by atoms with Gasteiger partial charge in [-0.05, 0) is 43.7 Å². The molecule has 0 aromatic heterocycles.